The highest BCUT2D eigenvalue weighted by Crippen LogP contribution is 2.31. The molecule has 0 spiro atoms. The minimum Gasteiger partial charge on any atom is -0.506 e. The van der Waals surface area contributed by atoms with Crippen LogP contribution in [0.5, 0.6) is 5.75 Å². The fourth-order valence-corrected chi connectivity index (χ4v) is 3.88. The Morgan fingerprint density at radius 2 is 1.72 bits per heavy atom. The van der Waals surface area contributed by atoms with E-state index < -0.39 is 10.0 Å². The Balaban J connectivity index is 1.78. The lowest BCUT2D eigenvalue weighted by Crippen LogP contribution is -2.40. The molecular formula is C16H16ClN3O4S. The fraction of sp³-hybridized carbons (Fsp3) is 0.250. The third-order valence-electron chi connectivity index (χ3n) is 3.66. The van der Waals surface area contributed by atoms with E-state index in [1.54, 1.807) is 18.2 Å². The van der Waals surface area contributed by atoms with Gasteiger partial charge < -0.3 is 9.84 Å². The minimum absolute atomic E-state index is 0.0420. The summed E-state index contributed by atoms with van der Waals surface area (Å²) in [5, 5.41) is 18.1. The largest absolute Gasteiger partial charge is 0.506 e. The summed E-state index contributed by atoms with van der Waals surface area (Å²) in [6, 6.07) is 10.5. The first-order valence-corrected chi connectivity index (χ1v) is 9.37. The highest BCUT2D eigenvalue weighted by atomic mass is 35.5. The van der Waals surface area contributed by atoms with E-state index in [9.17, 15) is 13.5 Å². The molecule has 132 valence electrons. The van der Waals surface area contributed by atoms with Crippen molar-refractivity contribution in [3.8, 4) is 5.75 Å². The van der Waals surface area contributed by atoms with Gasteiger partial charge in [-0.3, -0.25) is 0 Å². The van der Waals surface area contributed by atoms with Gasteiger partial charge in [-0.1, -0.05) is 11.6 Å². The monoisotopic (exact) mass is 381 g/mol. The molecule has 1 N–H and O–H groups in total. The summed E-state index contributed by atoms with van der Waals surface area (Å²) in [4.78, 5) is 0.193. The summed E-state index contributed by atoms with van der Waals surface area (Å²) in [7, 11) is -3.53. The molecule has 0 aliphatic carbocycles. The van der Waals surface area contributed by atoms with Crippen molar-refractivity contribution in [3.63, 3.8) is 0 Å². The van der Waals surface area contributed by atoms with Gasteiger partial charge in [-0.15, -0.1) is 5.11 Å². The molecule has 0 radical (unpaired) electrons. The molecule has 0 aromatic heterocycles. The molecule has 0 unspecified atom stereocenters. The van der Waals surface area contributed by atoms with Crippen molar-refractivity contribution in [1.82, 2.24) is 4.31 Å². The van der Waals surface area contributed by atoms with Gasteiger partial charge in [-0.2, -0.15) is 9.42 Å². The van der Waals surface area contributed by atoms with Crippen LogP contribution >= 0.6 is 11.6 Å². The normalized spacial score (nSPS) is 16.4. The summed E-state index contributed by atoms with van der Waals surface area (Å²) >= 11 is 5.85. The van der Waals surface area contributed by atoms with Crippen molar-refractivity contribution in [1.29, 1.82) is 0 Å². The number of hydrogen-bond donors (Lipinski definition) is 1. The molecule has 9 heteroatoms. The number of rotatable bonds is 4. The number of azo groups is 1. The van der Waals surface area contributed by atoms with Gasteiger partial charge in [0, 0.05) is 18.1 Å². The number of phenolic OH excluding ortho intramolecular Hbond substituents is 1. The number of hydrogen-bond acceptors (Lipinski definition) is 6. The molecule has 0 saturated carbocycles. The number of phenols is 1. The molecule has 1 aliphatic rings. The SMILES string of the molecule is O=S(=O)(c1ccc(N=Nc2cc(Cl)ccc2O)cc1)N1CCOCC1. The summed E-state index contributed by atoms with van der Waals surface area (Å²) in [5.74, 6) is -0.0420. The highest BCUT2D eigenvalue weighted by molar-refractivity contribution is 7.89. The molecule has 0 atom stereocenters. The van der Waals surface area contributed by atoms with Crippen LogP contribution in [0.4, 0.5) is 11.4 Å². The zero-order valence-corrected chi connectivity index (χ0v) is 14.7. The van der Waals surface area contributed by atoms with Crippen LogP contribution in [0.2, 0.25) is 5.02 Å². The van der Waals surface area contributed by atoms with E-state index in [1.807, 2.05) is 0 Å². The van der Waals surface area contributed by atoms with E-state index in [-0.39, 0.29) is 16.3 Å². The zero-order chi connectivity index (χ0) is 17.9. The Kier molecular flexibility index (Phi) is 5.33. The van der Waals surface area contributed by atoms with E-state index in [4.69, 9.17) is 16.3 Å². The molecule has 1 saturated heterocycles. The molecule has 1 aliphatic heterocycles. The summed E-state index contributed by atoms with van der Waals surface area (Å²) in [6.07, 6.45) is 0. The highest BCUT2D eigenvalue weighted by Gasteiger charge is 2.26. The van der Waals surface area contributed by atoms with Crippen molar-refractivity contribution in [2.75, 3.05) is 26.3 Å². The third kappa shape index (κ3) is 4.16. The molecule has 25 heavy (non-hydrogen) atoms. The predicted molar refractivity (Wildman–Crippen MR) is 93.3 cm³/mol. The van der Waals surface area contributed by atoms with E-state index in [0.29, 0.717) is 37.0 Å². The number of nitrogens with zero attached hydrogens (tertiary/aromatic N) is 3. The first-order chi connectivity index (χ1) is 12.0. The number of morpholine rings is 1. The summed E-state index contributed by atoms with van der Waals surface area (Å²) < 4.78 is 31.6. The van der Waals surface area contributed by atoms with E-state index in [1.165, 1.54) is 28.6 Å². The number of halogens is 1. The van der Waals surface area contributed by atoms with Gasteiger partial charge in [0.25, 0.3) is 0 Å². The van der Waals surface area contributed by atoms with Crippen molar-refractivity contribution in [2.24, 2.45) is 10.2 Å². The van der Waals surface area contributed by atoms with Gasteiger partial charge >= 0.3 is 0 Å². The number of sulfonamides is 1. The number of aromatic hydroxyl groups is 1. The van der Waals surface area contributed by atoms with Crippen molar-refractivity contribution < 1.29 is 18.3 Å². The average Bonchev–Trinajstić information content (AvgIpc) is 2.63. The number of ether oxygens (including phenoxy) is 1. The maximum Gasteiger partial charge on any atom is 0.243 e. The van der Waals surface area contributed by atoms with Gasteiger partial charge in [0.05, 0.1) is 23.8 Å². The molecule has 2 aromatic rings. The standard InChI is InChI=1S/C16H16ClN3O4S/c17-12-1-6-16(21)15(11-12)19-18-13-2-4-14(5-3-13)25(22,23)20-7-9-24-10-8-20/h1-6,11,21H,7-10H2. The van der Waals surface area contributed by atoms with E-state index >= 15 is 0 Å². The number of benzene rings is 2. The van der Waals surface area contributed by atoms with Gasteiger partial charge in [0.15, 0.2) is 0 Å². The van der Waals surface area contributed by atoms with E-state index in [0.717, 1.165) is 0 Å². The Morgan fingerprint density at radius 1 is 1.04 bits per heavy atom. The van der Waals surface area contributed by atoms with Crippen LogP contribution in [0.15, 0.2) is 57.6 Å². The Bertz CT molecular complexity index is 879. The molecule has 0 bridgehead atoms. The lowest BCUT2D eigenvalue weighted by molar-refractivity contribution is 0.0730. The topological polar surface area (TPSA) is 91.6 Å². The maximum atomic E-state index is 12.5. The van der Waals surface area contributed by atoms with Crippen LogP contribution in [0.25, 0.3) is 0 Å². The summed E-state index contributed by atoms with van der Waals surface area (Å²) in [6.45, 7) is 1.49. The van der Waals surface area contributed by atoms with Crippen molar-refractivity contribution >= 4 is 33.0 Å². The second-order valence-corrected chi connectivity index (χ2v) is 7.72. The van der Waals surface area contributed by atoms with Crippen LogP contribution in [-0.4, -0.2) is 44.1 Å². The smallest absolute Gasteiger partial charge is 0.243 e. The molecule has 2 aromatic carbocycles. The Morgan fingerprint density at radius 3 is 2.40 bits per heavy atom. The first kappa shape index (κ1) is 17.8. The Hall–Kier alpha value is -2.00. The van der Waals surface area contributed by atoms with Crippen LogP contribution in [-0.2, 0) is 14.8 Å². The molecule has 3 rings (SSSR count). The van der Waals surface area contributed by atoms with Crippen LogP contribution < -0.4 is 0 Å². The molecule has 1 fully saturated rings. The molecular weight excluding hydrogens is 366 g/mol. The van der Waals surface area contributed by atoms with Gasteiger partial charge in [-0.05, 0) is 42.5 Å². The zero-order valence-electron chi connectivity index (χ0n) is 13.2. The van der Waals surface area contributed by atoms with Gasteiger partial charge in [-0.25, -0.2) is 8.42 Å². The van der Waals surface area contributed by atoms with Gasteiger partial charge in [0.2, 0.25) is 10.0 Å². The maximum absolute atomic E-state index is 12.5. The Labute approximate surface area is 150 Å². The van der Waals surface area contributed by atoms with Gasteiger partial charge in [0.1, 0.15) is 11.4 Å². The average molecular weight is 382 g/mol. The fourth-order valence-electron chi connectivity index (χ4n) is 2.31. The molecule has 0 amide bonds. The minimum atomic E-state index is -3.53. The van der Waals surface area contributed by atoms with Crippen LogP contribution in [0.1, 0.15) is 0 Å². The first-order valence-electron chi connectivity index (χ1n) is 7.55. The van der Waals surface area contributed by atoms with Crippen molar-refractivity contribution in [2.45, 2.75) is 4.90 Å². The lowest BCUT2D eigenvalue weighted by atomic mass is 10.3. The second kappa shape index (κ2) is 7.49. The molecule has 7 nitrogen and oxygen atoms in total. The molecule has 1 heterocycles. The van der Waals surface area contributed by atoms with E-state index in [2.05, 4.69) is 10.2 Å². The third-order valence-corrected chi connectivity index (χ3v) is 5.80. The van der Waals surface area contributed by atoms with Crippen molar-refractivity contribution in [3.05, 3.63) is 47.5 Å². The van der Waals surface area contributed by atoms with Crippen LogP contribution in [0, 0.1) is 0 Å². The predicted octanol–water partition coefficient (Wildman–Crippen LogP) is 3.48. The van der Waals surface area contributed by atoms with Crippen LogP contribution in [0.3, 0.4) is 0 Å². The summed E-state index contributed by atoms with van der Waals surface area (Å²) in [5.41, 5.74) is 0.692. The second-order valence-electron chi connectivity index (χ2n) is 5.34. The quantitative estimate of drug-likeness (QED) is 0.820. The lowest BCUT2D eigenvalue weighted by Gasteiger charge is -2.25.